The summed E-state index contributed by atoms with van der Waals surface area (Å²) in [6.45, 7) is 2.73. The Labute approximate surface area is 133 Å². The minimum atomic E-state index is -1.03. The molecule has 2 rings (SSSR count). The third-order valence-electron chi connectivity index (χ3n) is 3.23. The molecule has 7 heteroatoms. The number of hydrogen-bond acceptors (Lipinski definition) is 4. The number of rotatable bonds is 6. The highest BCUT2D eigenvalue weighted by atomic mass is 35.5. The SMILES string of the molecule is CCCC(NC(=O)Cc1cc(Cl)c2c(c1)OCCO2)C(=O)O. The number of aliphatic carboxylic acids is 1. The van der Waals surface area contributed by atoms with Crippen molar-refractivity contribution in [3.8, 4) is 11.5 Å². The molecule has 0 spiro atoms. The van der Waals surface area contributed by atoms with Crippen LogP contribution in [0.4, 0.5) is 0 Å². The topological polar surface area (TPSA) is 84.9 Å². The van der Waals surface area contributed by atoms with Crippen LogP contribution in [0.2, 0.25) is 5.02 Å². The number of nitrogens with one attached hydrogen (secondary N) is 1. The second-order valence-corrected chi connectivity index (χ2v) is 5.43. The Balaban J connectivity index is 2.05. The molecule has 1 atom stereocenters. The van der Waals surface area contributed by atoms with Crippen molar-refractivity contribution in [3.63, 3.8) is 0 Å². The van der Waals surface area contributed by atoms with Crippen LogP contribution >= 0.6 is 11.6 Å². The standard InChI is InChI=1S/C15H18ClNO5/c1-2-3-11(15(19)20)17-13(18)8-9-6-10(16)14-12(7-9)21-4-5-22-14/h6-7,11H,2-5,8H2,1H3,(H,17,18)(H,19,20). The lowest BCUT2D eigenvalue weighted by molar-refractivity contribution is -0.141. The van der Waals surface area contributed by atoms with Crippen LogP contribution in [0.1, 0.15) is 25.3 Å². The van der Waals surface area contributed by atoms with Crippen molar-refractivity contribution in [2.24, 2.45) is 0 Å². The van der Waals surface area contributed by atoms with Gasteiger partial charge in [0, 0.05) is 0 Å². The fourth-order valence-corrected chi connectivity index (χ4v) is 2.53. The Hall–Kier alpha value is -1.95. The Morgan fingerprint density at radius 3 is 2.77 bits per heavy atom. The van der Waals surface area contributed by atoms with E-state index in [0.717, 1.165) is 0 Å². The fraction of sp³-hybridized carbons (Fsp3) is 0.467. The molecule has 22 heavy (non-hydrogen) atoms. The predicted octanol–water partition coefficient (Wildman–Crippen LogP) is 2.02. The molecule has 0 aliphatic carbocycles. The molecule has 0 fully saturated rings. The lowest BCUT2D eigenvalue weighted by Crippen LogP contribution is -2.41. The zero-order valence-electron chi connectivity index (χ0n) is 12.2. The zero-order valence-corrected chi connectivity index (χ0v) is 13.0. The first-order valence-electron chi connectivity index (χ1n) is 7.11. The summed E-state index contributed by atoms with van der Waals surface area (Å²) in [6, 6.07) is 2.45. The van der Waals surface area contributed by atoms with E-state index < -0.39 is 12.0 Å². The summed E-state index contributed by atoms with van der Waals surface area (Å²) in [5, 5.41) is 11.9. The van der Waals surface area contributed by atoms with E-state index in [1.807, 2.05) is 6.92 Å². The van der Waals surface area contributed by atoms with Gasteiger partial charge in [-0.2, -0.15) is 0 Å². The molecule has 1 aromatic carbocycles. The molecule has 1 heterocycles. The summed E-state index contributed by atoms with van der Waals surface area (Å²) in [5.74, 6) is -0.416. The van der Waals surface area contributed by atoms with Gasteiger partial charge in [0.2, 0.25) is 5.91 Å². The van der Waals surface area contributed by atoms with Gasteiger partial charge >= 0.3 is 5.97 Å². The van der Waals surface area contributed by atoms with Gasteiger partial charge in [0.15, 0.2) is 11.5 Å². The molecule has 1 unspecified atom stereocenters. The van der Waals surface area contributed by atoms with Crippen molar-refractivity contribution in [1.29, 1.82) is 0 Å². The second kappa shape index (κ2) is 7.35. The Morgan fingerprint density at radius 2 is 2.09 bits per heavy atom. The maximum atomic E-state index is 12.0. The van der Waals surface area contributed by atoms with Gasteiger partial charge < -0.3 is 19.9 Å². The maximum absolute atomic E-state index is 12.0. The Kier molecular flexibility index (Phi) is 5.49. The van der Waals surface area contributed by atoms with Gasteiger partial charge in [-0.1, -0.05) is 24.9 Å². The molecule has 1 amide bonds. The number of fused-ring (bicyclic) bond motifs is 1. The quantitative estimate of drug-likeness (QED) is 0.835. The van der Waals surface area contributed by atoms with Gasteiger partial charge in [-0.3, -0.25) is 4.79 Å². The lowest BCUT2D eigenvalue weighted by atomic mass is 10.1. The number of carboxylic acid groups (broad SMARTS) is 1. The summed E-state index contributed by atoms with van der Waals surface area (Å²) in [7, 11) is 0. The van der Waals surface area contributed by atoms with Crippen LogP contribution in [-0.2, 0) is 16.0 Å². The fourth-order valence-electron chi connectivity index (χ4n) is 2.24. The number of halogens is 1. The first-order valence-corrected chi connectivity index (χ1v) is 7.49. The van der Waals surface area contributed by atoms with Crippen LogP contribution in [-0.4, -0.2) is 36.2 Å². The van der Waals surface area contributed by atoms with Crippen LogP contribution in [0.5, 0.6) is 11.5 Å². The number of hydrogen-bond donors (Lipinski definition) is 2. The number of benzene rings is 1. The van der Waals surface area contributed by atoms with Crippen molar-refractivity contribution in [3.05, 3.63) is 22.7 Å². The Bertz CT molecular complexity index is 575. The summed E-state index contributed by atoms with van der Waals surface area (Å²) in [6.07, 6.45) is 1.10. The molecule has 0 saturated carbocycles. The van der Waals surface area contributed by atoms with E-state index in [4.69, 9.17) is 26.2 Å². The minimum Gasteiger partial charge on any atom is -0.486 e. The zero-order chi connectivity index (χ0) is 16.1. The number of amides is 1. The second-order valence-electron chi connectivity index (χ2n) is 5.03. The van der Waals surface area contributed by atoms with E-state index >= 15 is 0 Å². The van der Waals surface area contributed by atoms with Crippen LogP contribution in [0.15, 0.2) is 12.1 Å². The normalized spacial score (nSPS) is 14.3. The van der Waals surface area contributed by atoms with Gasteiger partial charge in [0.05, 0.1) is 11.4 Å². The molecule has 0 bridgehead atoms. The maximum Gasteiger partial charge on any atom is 0.326 e. The number of carbonyl (C=O) groups excluding carboxylic acids is 1. The smallest absolute Gasteiger partial charge is 0.326 e. The molecule has 2 N–H and O–H groups in total. The third kappa shape index (κ3) is 4.04. The summed E-state index contributed by atoms with van der Waals surface area (Å²) >= 11 is 6.11. The summed E-state index contributed by atoms with van der Waals surface area (Å²) in [5.41, 5.74) is 0.646. The monoisotopic (exact) mass is 327 g/mol. The first-order chi connectivity index (χ1) is 10.5. The van der Waals surface area contributed by atoms with Crippen molar-refractivity contribution in [1.82, 2.24) is 5.32 Å². The highest BCUT2D eigenvalue weighted by molar-refractivity contribution is 6.32. The molecule has 0 aromatic heterocycles. The van der Waals surface area contributed by atoms with Crippen LogP contribution < -0.4 is 14.8 Å². The van der Waals surface area contributed by atoms with E-state index in [2.05, 4.69) is 5.32 Å². The van der Waals surface area contributed by atoms with Gasteiger partial charge in [-0.25, -0.2) is 4.79 Å². The third-order valence-corrected chi connectivity index (χ3v) is 3.51. The van der Waals surface area contributed by atoms with Gasteiger partial charge in [0.1, 0.15) is 19.3 Å². The molecular formula is C15H18ClNO5. The van der Waals surface area contributed by atoms with Gasteiger partial charge in [-0.15, -0.1) is 0 Å². The number of ether oxygens (including phenoxy) is 2. The molecule has 0 radical (unpaired) electrons. The largest absolute Gasteiger partial charge is 0.486 e. The molecular weight excluding hydrogens is 310 g/mol. The summed E-state index contributed by atoms with van der Waals surface area (Å²) < 4.78 is 10.9. The average Bonchev–Trinajstić information content (AvgIpc) is 2.46. The van der Waals surface area contributed by atoms with Gasteiger partial charge in [0.25, 0.3) is 0 Å². The Morgan fingerprint density at radius 1 is 1.36 bits per heavy atom. The number of carboxylic acids is 1. The van der Waals surface area contributed by atoms with Crippen molar-refractivity contribution >= 4 is 23.5 Å². The van der Waals surface area contributed by atoms with E-state index in [0.29, 0.717) is 48.1 Å². The van der Waals surface area contributed by atoms with Crippen molar-refractivity contribution in [2.45, 2.75) is 32.2 Å². The van der Waals surface area contributed by atoms with E-state index in [-0.39, 0.29) is 12.3 Å². The highest BCUT2D eigenvalue weighted by Crippen LogP contribution is 2.38. The highest BCUT2D eigenvalue weighted by Gasteiger charge is 2.21. The molecule has 1 aromatic rings. The van der Waals surface area contributed by atoms with E-state index in [9.17, 15) is 9.59 Å². The van der Waals surface area contributed by atoms with E-state index in [1.54, 1.807) is 12.1 Å². The van der Waals surface area contributed by atoms with Crippen molar-refractivity contribution in [2.75, 3.05) is 13.2 Å². The van der Waals surface area contributed by atoms with Gasteiger partial charge in [-0.05, 0) is 24.1 Å². The first kappa shape index (κ1) is 16.4. The van der Waals surface area contributed by atoms with Crippen LogP contribution in [0, 0.1) is 0 Å². The van der Waals surface area contributed by atoms with Crippen LogP contribution in [0.25, 0.3) is 0 Å². The molecule has 1 aliphatic rings. The molecule has 6 nitrogen and oxygen atoms in total. The molecule has 0 saturated heterocycles. The van der Waals surface area contributed by atoms with E-state index in [1.165, 1.54) is 0 Å². The number of carbonyl (C=O) groups is 2. The average molecular weight is 328 g/mol. The summed E-state index contributed by atoms with van der Waals surface area (Å²) in [4.78, 5) is 23.0. The van der Waals surface area contributed by atoms with Crippen molar-refractivity contribution < 1.29 is 24.2 Å². The molecule has 120 valence electrons. The minimum absolute atomic E-state index is 0.0316. The lowest BCUT2D eigenvalue weighted by Gasteiger charge is -2.20. The molecule has 1 aliphatic heterocycles. The van der Waals surface area contributed by atoms with Crippen LogP contribution in [0.3, 0.4) is 0 Å². The predicted molar refractivity (Wildman–Crippen MR) is 80.6 cm³/mol.